The van der Waals surface area contributed by atoms with E-state index in [9.17, 15) is 4.39 Å². The van der Waals surface area contributed by atoms with Crippen molar-refractivity contribution < 1.29 is 8.81 Å². The Morgan fingerprint density at radius 3 is 2.90 bits per heavy atom. The minimum atomic E-state index is -0.230. The van der Waals surface area contributed by atoms with Crippen molar-refractivity contribution in [2.24, 2.45) is 23.5 Å². The molecule has 2 saturated carbocycles. The van der Waals surface area contributed by atoms with E-state index in [1.165, 1.54) is 37.8 Å². The van der Waals surface area contributed by atoms with Crippen LogP contribution in [0.5, 0.6) is 0 Å². The van der Waals surface area contributed by atoms with Crippen molar-refractivity contribution >= 4 is 11.0 Å². The molecule has 3 heteroatoms. The summed E-state index contributed by atoms with van der Waals surface area (Å²) in [6, 6.07) is 6.45. The smallest absolute Gasteiger partial charge is 0.134 e. The number of halogens is 1. The lowest BCUT2D eigenvalue weighted by Crippen LogP contribution is -2.19. The third-order valence-electron chi connectivity index (χ3n) is 5.30. The van der Waals surface area contributed by atoms with E-state index >= 15 is 0 Å². The van der Waals surface area contributed by atoms with Gasteiger partial charge in [0.05, 0.1) is 6.04 Å². The number of benzene rings is 1. The van der Waals surface area contributed by atoms with Gasteiger partial charge in [-0.05, 0) is 67.7 Å². The predicted molar refractivity (Wildman–Crippen MR) is 76.7 cm³/mol. The first-order valence-electron chi connectivity index (χ1n) is 7.63. The molecule has 20 heavy (non-hydrogen) atoms. The molecule has 2 nitrogen and oxygen atoms in total. The Balaban J connectivity index is 1.53. The summed E-state index contributed by atoms with van der Waals surface area (Å²) in [7, 11) is 0. The van der Waals surface area contributed by atoms with Gasteiger partial charge in [-0.15, -0.1) is 0 Å². The van der Waals surface area contributed by atoms with Crippen molar-refractivity contribution in [3.63, 3.8) is 0 Å². The van der Waals surface area contributed by atoms with Gasteiger partial charge in [0, 0.05) is 5.39 Å². The lowest BCUT2D eigenvalue weighted by atomic mass is 9.84. The van der Waals surface area contributed by atoms with Gasteiger partial charge in [0.25, 0.3) is 0 Å². The molecule has 1 aromatic carbocycles. The minimum Gasteiger partial charge on any atom is -0.459 e. The molecule has 106 valence electrons. The Morgan fingerprint density at radius 2 is 2.15 bits per heavy atom. The Labute approximate surface area is 118 Å². The van der Waals surface area contributed by atoms with Gasteiger partial charge in [-0.1, -0.05) is 6.42 Å². The predicted octanol–water partition coefficient (Wildman–Crippen LogP) is 4.40. The van der Waals surface area contributed by atoms with Gasteiger partial charge in [-0.2, -0.15) is 0 Å². The minimum absolute atomic E-state index is 0.0604. The molecule has 2 fully saturated rings. The highest BCUT2D eigenvalue weighted by molar-refractivity contribution is 5.78. The number of nitrogens with two attached hydrogens (primary N) is 1. The zero-order valence-corrected chi connectivity index (χ0v) is 11.5. The van der Waals surface area contributed by atoms with E-state index in [-0.39, 0.29) is 11.9 Å². The van der Waals surface area contributed by atoms with E-state index in [2.05, 4.69) is 0 Å². The van der Waals surface area contributed by atoms with E-state index in [0.717, 1.165) is 40.9 Å². The van der Waals surface area contributed by atoms with Gasteiger partial charge < -0.3 is 10.2 Å². The quantitative estimate of drug-likeness (QED) is 0.900. The number of fused-ring (bicyclic) bond motifs is 3. The van der Waals surface area contributed by atoms with Crippen LogP contribution in [0.25, 0.3) is 11.0 Å². The van der Waals surface area contributed by atoms with Crippen LogP contribution in [-0.2, 0) is 0 Å². The fourth-order valence-corrected chi connectivity index (χ4v) is 4.32. The van der Waals surface area contributed by atoms with Crippen molar-refractivity contribution in [3.8, 4) is 0 Å². The van der Waals surface area contributed by atoms with Gasteiger partial charge in [0.2, 0.25) is 0 Å². The van der Waals surface area contributed by atoms with E-state index in [1.54, 1.807) is 6.07 Å². The summed E-state index contributed by atoms with van der Waals surface area (Å²) < 4.78 is 19.0. The molecular formula is C17H20FNO. The van der Waals surface area contributed by atoms with Gasteiger partial charge in [-0.25, -0.2) is 4.39 Å². The van der Waals surface area contributed by atoms with Crippen LogP contribution in [0.15, 0.2) is 28.7 Å². The molecule has 2 aliphatic carbocycles. The van der Waals surface area contributed by atoms with E-state index in [0.29, 0.717) is 0 Å². The molecule has 2 aromatic rings. The fourth-order valence-electron chi connectivity index (χ4n) is 4.32. The largest absolute Gasteiger partial charge is 0.459 e. The first kappa shape index (κ1) is 12.4. The van der Waals surface area contributed by atoms with Gasteiger partial charge in [0.1, 0.15) is 17.2 Å². The van der Waals surface area contributed by atoms with Crippen LogP contribution in [0.1, 0.15) is 43.9 Å². The van der Waals surface area contributed by atoms with E-state index < -0.39 is 0 Å². The molecule has 2 N–H and O–H groups in total. The van der Waals surface area contributed by atoms with Crippen LogP contribution in [0, 0.1) is 23.6 Å². The number of hydrogen-bond donors (Lipinski definition) is 1. The standard InChI is InChI=1S/C17H20FNO/c18-14-3-4-16-13(7-14)9-17(20-16)15(19)8-12-6-10-1-2-11(12)5-10/h3-4,7,9-12,15H,1-2,5-6,8,19H2. The molecule has 0 aliphatic heterocycles. The Bertz CT molecular complexity index is 635. The normalized spacial score (nSPS) is 30.2. The SMILES string of the molecule is NC(CC1CC2CCC1C2)c1cc2cc(F)ccc2o1. The molecule has 0 amide bonds. The molecular weight excluding hydrogens is 253 g/mol. The summed E-state index contributed by atoms with van der Waals surface area (Å²) >= 11 is 0. The summed E-state index contributed by atoms with van der Waals surface area (Å²) in [6.07, 6.45) is 6.55. The van der Waals surface area contributed by atoms with Crippen LogP contribution in [-0.4, -0.2) is 0 Å². The highest BCUT2D eigenvalue weighted by Crippen LogP contribution is 2.50. The van der Waals surface area contributed by atoms with Crippen LogP contribution in [0.2, 0.25) is 0 Å². The summed E-state index contributed by atoms with van der Waals surface area (Å²) in [6.45, 7) is 0. The second-order valence-electron chi connectivity index (χ2n) is 6.61. The molecule has 1 heterocycles. The zero-order valence-electron chi connectivity index (χ0n) is 11.5. The highest BCUT2D eigenvalue weighted by Gasteiger charge is 2.40. The highest BCUT2D eigenvalue weighted by atomic mass is 19.1. The maximum absolute atomic E-state index is 13.2. The molecule has 2 bridgehead atoms. The van der Waals surface area contributed by atoms with Crippen LogP contribution >= 0.6 is 0 Å². The van der Waals surface area contributed by atoms with Gasteiger partial charge in [0.15, 0.2) is 0 Å². The first-order chi connectivity index (χ1) is 9.69. The average Bonchev–Trinajstić information content (AvgIpc) is 3.11. The topological polar surface area (TPSA) is 39.2 Å². The lowest BCUT2D eigenvalue weighted by molar-refractivity contribution is 0.285. The maximum atomic E-state index is 13.2. The number of furan rings is 1. The Hall–Kier alpha value is -1.35. The monoisotopic (exact) mass is 273 g/mol. The molecule has 4 rings (SSSR count). The zero-order chi connectivity index (χ0) is 13.7. The van der Waals surface area contributed by atoms with Crippen molar-refractivity contribution in [1.29, 1.82) is 0 Å². The van der Waals surface area contributed by atoms with E-state index in [1.807, 2.05) is 6.07 Å². The third kappa shape index (κ3) is 2.05. The number of hydrogen-bond acceptors (Lipinski definition) is 2. The van der Waals surface area contributed by atoms with Crippen molar-refractivity contribution in [2.75, 3.05) is 0 Å². The average molecular weight is 273 g/mol. The molecule has 1 aromatic heterocycles. The third-order valence-corrected chi connectivity index (χ3v) is 5.30. The van der Waals surface area contributed by atoms with Gasteiger partial charge in [-0.3, -0.25) is 0 Å². The van der Waals surface area contributed by atoms with Crippen LogP contribution in [0.4, 0.5) is 4.39 Å². The first-order valence-corrected chi connectivity index (χ1v) is 7.63. The lowest BCUT2D eigenvalue weighted by Gasteiger charge is -2.23. The Morgan fingerprint density at radius 1 is 1.25 bits per heavy atom. The van der Waals surface area contributed by atoms with Crippen molar-refractivity contribution in [2.45, 2.75) is 38.1 Å². The maximum Gasteiger partial charge on any atom is 0.134 e. The summed E-state index contributed by atoms with van der Waals surface area (Å²) in [5, 5.41) is 0.809. The second-order valence-corrected chi connectivity index (χ2v) is 6.61. The molecule has 4 unspecified atom stereocenters. The molecule has 2 aliphatic rings. The van der Waals surface area contributed by atoms with Crippen LogP contribution in [0.3, 0.4) is 0 Å². The Kier molecular flexibility index (Phi) is 2.84. The molecule has 4 atom stereocenters. The fraction of sp³-hybridized carbons (Fsp3) is 0.529. The van der Waals surface area contributed by atoms with Crippen LogP contribution < -0.4 is 5.73 Å². The number of rotatable bonds is 3. The molecule has 0 radical (unpaired) electrons. The summed E-state index contributed by atoms with van der Waals surface area (Å²) in [5.41, 5.74) is 7.05. The summed E-state index contributed by atoms with van der Waals surface area (Å²) in [4.78, 5) is 0. The molecule has 0 saturated heterocycles. The van der Waals surface area contributed by atoms with E-state index in [4.69, 9.17) is 10.2 Å². The van der Waals surface area contributed by atoms with Crippen molar-refractivity contribution in [1.82, 2.24) is 0 Å². The molecule has 0 spiro atoms. The second kappa shape index (κ2) is 4.59. The summed E-state index contributed by atoms with van der Waals surface area (Å²) in [5.74, 6) is 3.16. The van der Waals surface area contributed by atoms with Crippen molar-refractivity contribution in [3.05, 3.63) is 35.8 Å². The van der Waals surface area contributed by atoms with Gasteiger partial charge >= 0.3 is 0 Å².